The van der Waals surface area contributed by atoms with E-state index in [1.165, 1.54) is 41.6 Å². The van der Waals surface area contributed by atoms with Crippen LogP contribution in [0.25, 0.3) is 0 Å². The molecule has 2 aromatic rings. The minimum atomic E-state index is -4.45. The molecule has 198 valence electrons. The number of amides is 4. The van der Waals surface area contributed by atoms with Crippen LogP contribution in [-0.2, 0) is 9.59 Å². The minimum absolute atomic E-state index is 0.0638. The molecule has 3 heterocycles. The number of likely N-dealkylation sites (N-methyl/N-ethyl adjacent to an activating group) is 1. The molecule has 1 aromatic carbocycles. The highest BCUT2D eigenvalue weighted by atomic mass is 32.2. The highest BCUT2D eigenvalue weighted by Crippen LogP contribution is 2.38. The summed E-state index contributed by atoms with van der Waals surface area (Å²) in [6.45, 7) is 4.84. The number of aromatic nitrogens is 1. The molecule has 0 spiro atoms. The van der Waals surface area contributed by atoms with Gasteiger partial charge in [0.05, 0.1) is 12.2 Å². The first kappa shape index (κ1) is 26.9. The molecule has 2 atom stereocenters. The van der Waals surface area contributed by atoms with Crippen LogP contribution in [0.5, 0.6) is 0 Å². The van der Waals surface area contributed by atoms with Gasteiger partial charge in [0, 0.05) is 43.5 Å². The van der Waals surface area contributed by atoms with Gasteiger partial charge in [-0.25, -0.2) is 9.69 Å². The maximum atomic E-state index is 13.5. The number of alkyl halides is 3. The van der Waals surface area contributed by atoms with E-state index >= 15 is 0 Å². The van der Waals surface area contributed by atoms with Gasteiger partial charge in [0.1, 0.15) is 12.2 Å². The van der Waals surface area contributed by atoms with Crippen molar-refractivity contribution in [3.05, 3.63) is 54.4 Å². The summed E-state index contributed by atoms with van der Waals surface area (Å²) in [6, 6.07) is 6.70. The van der Waals surface area contributed by atoms with E-state index < -0.39 is 29.7 Å². The molecule has 9 nitrogen and oxygen atoms in total. The average molecular weight is 537 g/mol. The van der Waals surface area contributed by atoms with Gasteiger partial charge in [-0.15, -0.1) is 0 Å². The number of nitrogens with zero attached hydrogens (tertiary/aromatic N) is 5. The number of nitrogens with one attached hydrogen (secondary N) is 1. The van der Waals surface area contributed by atoms with E-state index in [-0.39, 0.29) is 34.8 Å². The average Bonchev–Trinajstić information content (AvgIpc) is 3.07. The van der Waals surface area contributed by atoms with Gasteiger partial charge < -0.3 is 10.2 Å². The fraction of sp³-hybridized carbons (Fsp3) is 0.417. The second kappa shape index (κ2) is 11.1. The molecule has 4 amide bonds. The molecule has 1 aromatic heterocycles. The van der Waals surface area contributed by atoms with Crippen LogP contribution >= 0.6 is 11.8 Å². The third-order valence-corrected chi connectivity index (χ3v) is 7.04. The molecular formula is C24H27F3N6O3S. The van der Waals surface area contributed by atoms with Crippen LogP contribution in [0.1, 0.15) is 18.7 Å². The van der Waals surface area contributed by atoms with Crippen molar-refractivity contribution >= 4 is 35.3 Å². The SMILES string of the molecule is CC1C(=O)N(c2ccc(SC(F)(F)F)cc2)C(=O)N1C(NC(=O)CN1CCN(C)CC1)c1ccncc1. The standard InChI is InChI=1S/C24H27F3N6O3S/c1-16-22(35)33(18-3-5-19(6-4-18)37-24(25,26)27)23(36)32(16)21(17-7-9-28-10-8-17)29-20(34)15-31-13-11-30(2)12-14-31/h3-10,16,21H,11-15H2,1-2H3,(H,29,34). The Morgan fingerprint density at radius 1 is 1.08 bits per heavy atom. The maximum Gasteiger partial charge on any atom is 0.446 e. The van der Waals surface area contributed by atoms with Crippen molar-refractivity contribution in [2.24, 2.45) is 0 Å². The van der Waals surface area contributed by atoms with E-state index in [0.717, 1.165) is 31.1 Å². The Balaban J connectivity index is 1.55. The number of benzene rings is 1. The summed E-state index contributed by atoms with van der Waals surface area (Å²) in [7, 11) is 2.02. The molecule has 0 aliphatic carbocycles. The van der Waals surface area contributed by atoms with Gasteiger partial charge >= 0.3 is 11.5 Å². The Bertz CT molecular complexity index is 1130. The Labute approximate surface area is 216 Å². The topological polar surface area (TPSA) is 89.1 Å². The van der Waals surface area contributed by atoms with Crippen LogP contribution in [0.3, 0.4) is 0 Å². The summed E-state index contributed by atoms with van der Waals surface area (Å²) in [5.41, 5.74) is -3.74. The van der Waals surface area contributed by atoms with Crippen molar-refractivity contribution in [3.8, 4) is 0 Å². The van der Waals surface area contributed by atoms with Gasteiger partial charge in [0.15, 0.2) is 0 Å². The number of pyridine rings is 1. The predicted octanol–water partition coefficient (Wildman–Crippen LogP) is 2.91. The van der Waals surface area contributed by atoms with Crippen molar-refractivity contribution in [2.45, 2.75) is 29.5 Å². The second-order valence-corrected chi connectivity index (χ2v) is 10.0. The lowest BCUT2D eigenvalue weighted by Crippen LogP contribution is -2.51. The highest BCUT2D eigenvalue weighted by Gasteiger charge is 2.47. The van der Waals surface area contributed by atoms with E-state index in [1.54, 1.807) is 19.1 Å². The summed E-state index contributed by atoms with van der Waals surface area (Å²) < 4.78 is 38.0. The molecule has 0 saturated carbocycles. The fourth-order valence-corrected chi connectivity index (χ4v) is 4.86. The molecule has 2 aliphatic rings. The third kappa shape index (κ3) is 6.40. The van der Waals surface area contributed by atoms with E-state index in [9.17, 15) is 27.6 Å². The third-order valence-electron chi connectivity index (χ3n) is 6.30. The minimum Gasteiger partial charge on any atom is -0.331 e. The second-order valence-electron chi connectivity index (χ2n) is 8.91. The predicted molar refractivity (Wildman–Crippen MR) is 132 cm³/mol. The largest absolute Gasteiger partial charge is 0.446 e. The van der Waals surface area contributed by atoms with Crippen LogP contribution in [0.2, 0.25) is 0 Å². The van der Waals surface area contributed by atoms with E-state index in [4.69, 9.17) is 0 Å². The van der Waals surface area contributed by atoms with Crippen molar-refractivity contribution in [1.29, 1.82) is 0 Å². The number of thioether (sulfide) groups is 1. The highest BCUT2D eigenvalue weighted by molar-refractivity contribution is 8.00. The molecule has 2 fully saturated rings. The molecule has 4 rings (SSSR count). The summed E-state index contributed by atoms with van der Waals surface area (Å²) in [5, 5.41) is 2.90. The van der Waals surface area contributed by atoms with Gasteiger partial charge in [-0.3, -0.25) is 24.4 Å². The van der Waals surface area contributed by atoms with Crippen LogP contribution in [0.4, 0.5) is 23.7 Å². The van der Waals surface area contributed by atoms with Gasteiger partial charge in [-0.2, -0.15) is 13.2 Å². The van der Waals surface area contributed by atoms with Gasteiger partial charge in [0.25, 0.3) is 5.91 Å². The van der Waals surface area contributed by atoms with Gasteiger partial charge in [-0.1, -0.05) is 0 Å². The van der Waals surface area contributed by atoms with Gasteiger partial charge in [0.2, 0.25) is 5.91 Å². The van der Waals surface area contributed by atoms with E-state index in [1.807, 2.05) is 11.9 Å². The molecular weight excluding hydrogens is 509 g/mol. The molecule has 2 aliphatic heterocycles. The summed E-state index contributed by atoms with van der Waals surface area (Å²) in [4.78, 5) is 50.0. The van der Waals surface area contributed by atoms with Crippen molar-refractivity contribution in [2.75, 3.05) is 44.7 Å². The first-order valence-corrected chi connectivity index (χ1v) is 12.5. The number of piperazine rings is 1. The van der Waals surface area contributed by atoms with Crippen LogP contribution in [-0.4, -0.2) is 88.9 Å². The Hall–Kier alpha value is -3.16. The zero-order valence-electron chi connectivity index (χ0n) is 20.3. The molecule has 13 heteroatoms. The Morgan fingerprint density at radius 3 is 2.30 bits per heavy atom. The number of carbonyl (C=O) groups is 3. The molecule has 37 heavy (non-hydrogen) atoms. The fourth-order valence-electron chi connectivity index (χ4n) is 4.32. The number of anilines is 1. The maximum absolute atomic E-state index is 13.5. The number of hydrogen-bond donors (Lipinski definition) is 1. The molecule has 1 N–H and O–H groups in total. The van der Waals surface area contributed by atoms with Crippen molar-refractivity contribution in [1.82, 2.24) is 25.0 Å². The first-order valence-electron chi connectivity index (χ1n) is 11.7. The zero-order chi connectivity index (χ0) is 26.7. The van der Waals surface area contributed by atoms with Crippen LogP contribution in [0.15, 0.2) is 53.7 Å². The number of halogens is 3. The smallest absolute Gasteiger partial charge is 0.331 e. The zero-order valence-corrected chi connectivity index (χ0v) is 21.1. The normalized spacial score (nSPS) is 20.4. The van der Waals surface area contributed by atoms with Crippen molar-refractivity contribution in [3.63, 3.8) is 0 Å². The number of carbonyl (C=O) groups excluding carboxylic acids is 3. The summed E-state index contributed by atoms with van der Waals surface area (Å²) >= 11 is -0.281. The molecule has 0 bridgehead atoms. The number of imide groups is 1. The molecule has 0 radical (unpaired) electrons. The Morgan fingerprint density at radius 2 is 1.70 bits per heavy atom. The lowest BCUT2D eigenvalue weighted by Gasteiger charge is -2.34. The molecule has 2 unspecified atom stereocenters. The lowest BCUT2D eigenvalue weighted by molar-refractivity contribution is -0.126. The summed E-state index contributed by atoms with van der Waals surface area (Å²) in [6.07, 6.45) is 2.10. The number of urea groups is 1. The monoisotopic (exact) mass is 536 g/mol. The quantitative estimate of drug-likeness (QED) is 0.430. The van der Waals surface area contributed by atoms with E-state index in [2.05, 4.69) is 15.2 Å². The number of hydrogen-bond acceptors (Lipinski definition) is 7. The van der Waals surface area contributed by atoms with E-state index in [0.29, 0.717) is 5.56 Å². The van der Waals surface area contributed by atoms with Crippen LogP contribution in [0, 0.1) is 0 Å². The Kier molecular flexibility index (Phi) is 8.05. The first-order chi connectivity index (χ1) is 17.5. The van der Waals surface area contributed by atoms with Crippen molar-refractivity contribution < 1.29 is 27.6 Å². The van der Waals surface area contributed by atoms with Crippen LogP contribution < -0.4 is 10.2 Å². The lowest BCUT2D eigenvalue weighted by atomic mass is 10.1. The number of rotatable bonds is 7. The summed E-state index contributed by atoms with van der Waals surface area (Å²) in [5.74, 6) is -0.848. The molecule has 2 saturated heterocycles. The van der Waals surface area contributed by atoms with Gasteiger partial charge in [-0.05, 0) is 67.7 Å².